The third kappa shape index (κ3) is 1.65. The third-order valence-electron chi connectivity index (χ3n) is 4.73. The third-order valence-corrected chi connectivity index (χ3v) is 4.73. The monoisotopic (exact) mass is 296 g/mol. The molecule has 5 nitrogen and oxygen atoms in total. The highest BCUT2D eigenvalue weighted by atomic mass is 16.3. The van der Waals surface area contributed by atoms with Gasteiger partial charge in [-0.25, -0.2) is 0 Å². The molecule has 5 heteroatoms. The predicted octanol–water partition coefficient (Wildman–Crippen LogP) is 1.83. The molecule has 22 heavy (non-hydrogen) atoms. The van der Waals surface area contributed by atoms with E-state index in [1.807, 2.05) is 30.3 Å². The summed E-state index contributed by atoms with van der Waals surface area (Å²) in [5.41, 5.74) is 1.23. The highest BCUT2D eigenvalue weighted by molar-refractivity contribution is 6.13. The highest BCUT2D eigenvalue weighted by Crippen LogP contribution is 2.61. The number of benzene rings is 1. The number of furan rings is 1. The minimum atomic E-state index is -0.654. The summed E-state index contributed by atoms with van der Waals surface area (Å²) in [4.78, 5) is 26.7. The number of fused-ring (bicyclic) bond motifs is 2. The van der Waals surface area contributed by atoms with Gasteiger partial charge in [-0.3, -0.25) is 9.59 Å². The van der Waals surface area contributed by atoms with Crippen molar-refractivity contribution in [2.75, 3.05) is 11.9 Å². The number of hydrogen-bond acceptors (Lipinski definition) is 3. The summed E-state index contributed by atoms with van der Waals surface area (Å²) >= 11 is 0. The molecule has 0 bridgehead atoms. The lowest BCUT2D eigenvalue weighted by atomic mass is 9.94. The molecule has 1 aromatic heterocycles. The van der Waals surface area contributed by atoms with Gasteiger partial charge >= 0.3 is 0 Å². The molecule has 1 fully saturated rings. The fourth-order valence-electron chi connectivity index (χ4n) is 3.49. The Morgan fingerprint density at radius 2 is 2.18 bits per heavy atom. The number of hydrogen-bond donors (Lipinski definition) is 1. The van der Waals surface area contributed by atoms with Crippen LogP contribution in [0.2, 0.25) is 0 Å². The SMILES string of the molecule is CN1C(=O)[C@@]2(C[C@@H]2C(=O)NCc2ccco2)c2ccccc21. The van der Waals surface area contributed by atoms with Gasteiger partial charge in [0.05, 0.1) is 24.1 Å². The molecule has 0 radical (unpaired) electrons. The van der Waals surface area contributed by atoms with Crippen molar-refractivity contribution in [2.24, 2.45) is 5.92 Å². The average molecular weight is 296 g/mol. The zero-order chi connectivity index (χ0) is 15.3. The van der Waals surface area contributed by atoms with E-state index in [1.54, 1.807) is 24.3 Å². The Kier molecular flexibility index (Phi) is 2.66. The summed E-state index contributed by atoms with van der Waals surface area (Å²) in [6, 6.07) is 11.3. The number of nitrogens with zero attached hydrogens (tertiary/aromatic N) is 1. The quantitative estimate of drug-likeness (QED) is 0.940. The molecule has 1 N–H and O–H groups in total. The van der Waals surface area contributed by atoms with Crippen LogP contribution in [-0.2, 0) is 21.5 Å². The molecular formula is C17H16N2O3. The van der Waals surface area contributed by atoms with Crippen molar-refractivity contribution in [3.63, 3.8) is 0 Å². The lowest BCUT2D eigenvalue weighted by Crippen LogP contribution is -2.34. The number of nitrogens with one attached hydrogen (secondary N) is 1. The molecule has 4 rings (SSSR count). The van der Waals surface area contributed by atoms with Gasteiger partial charge in [0.25, 0.3) is 0 Å². The zero-order valence-electron chi connectivity index (χ0n) is 12.2. The molecule has 2 heterocycles. The largest absolute Gasteiger partial charge is 0.467 e. The van der Waals surface area contributed by atoms with Crippen molar-refractivity contribution in [1.29, 1.82) is 0 Å². The van der Waals surface area contributed by atoms with Crippen LogP contribution in [0.4, 0.5) is 5.69 Å². The van der Waals surface area contributed by atoms with E-state index in [4.69, 9.17) is 4.42 Å². The zero-order valence-corrected chi connectivity index (χ0v) is 12.2. The van der Waals surface area contributed by atoms with E-state index in [-0.39, 0.29) is 17.7 Å². The molecule has 2 aliphatic rings. The van der Waals surface area contributed by atoms with Gasteiger partial charge in [0.2, 0.25) is 11.8 Å². The van der Waals surface area contributed by atoms with E-state index in [9.17, 15) is 9.59 Å². The van der Waals surface area contributed by atoms with Crippen LogP contribution in [0.1, 0.15) is 17.7 Å². The molecule has 2 amide bonds. The van der Waals surface area contributed by atoms with Gasteiger partial charge in [-0.1, -0.05) is 18.2 Å². The molecule has 2 aromatic rings. The molecule has 1 spiro atoms. The number of carbonyl (C=O) groups excluding carboxylic acids is 2. The smallest absolute Gasteiger partial charge is 0.238 e. The Morgan fingerprint density at radius 3 is 2.95 bits per heavy atom. The van der Waals surface area contributed by atoms with Crippen LogP contribution in [0.15, 0.2) is 47.1 Å². The fourth-order valence-corrected chi connectivity index (χ4v) is 3.49. The van der Waals surface area contributed by atoms with E-state index in [1.165, 1.54) is 0 Å². The summed E-state index contributed by atoms with van der Waals surface area (Å²) in [5, 5.41) is 2.86. The van der Waals surface area contributed by atoms with Crippen LogP contribution in [0.25, 0.3) is 0 Å². The number of para-hydroxylation sites is 1. The first-order valence-electron chi connectivity index (χ1n) is 7.32. The van der Waals surface area contributed by atoms with Crippen molar-refractivity contribution in [3.8, 4) is 0 Å². The molecule has 1 aliphatic heterocycles. The maximum atomic E-state index is 12.6. The minimum absolute atomic E-state index is 0.0202. The van der Waals surface area contributed by atoms with Gasteiger partial charge in [0, 0.05) is 12.7 Å². The van der Waals surface area contributed by atoms with Crippen LogP contribution in [0.3, 0.4) is 0 Å². The number of amides is 2. The van der Waals surface area contributed by atoms with Crippen molar-refractivity contribution in [1.82, 2.24) is 5.32 Å². The van der Waals surface area contributed by atoms with E-state index in [0.717, 1.165) is 11.3 Å². The lowest BCUT2D eigenvalue weighted by molar-refractivity contribution is -0.126. The van der Waals surface area contributed by atoms with Crippen LogP contribution >= 0.6 is 0 Å². The van der Waals surface area contributed by atoms with Crippen molar-refractivity contribution >= 4 is 17.5 Å². The number of anilines is 1. The second-order valence-electron chi connectivity index (χ2n) is 5.91. The summed E-state index contributed by atoms with van der Waals surface area (Å²) in [6.07, 6.45) is 2.16. The molecule has 1 aliphatic carbocycles. The Balaban J connectivity index is 1.55. The maximum Gasteiger partial charge on any atom is 0.238 e. The molecule has 1 saturated carbocycles. The number of rotatable bonds is 3. The van der Waals surface area contributed by atoms with E-state index in [0.29, 0.717) is 18.7 Å². The topological polar surface area (TPSA) is 62.6 Å². The summed E-state index contributed by atoms with van der Waals surface area (Å²) in [7, 11) is 1.77. The Labute approximate surface area is 127 Å². The molecule has 0 saturated heterocycles. The standard InChI is InChI=1S/C17H16N2O3/c1-19-14-7-3-2-6-12(14)17(16(19)21)9-13(17)15(20)18-10-11-5-4-8-22-11/h2-8,13H,9-10H2,1H3,(H,18,20)/t13-,17+/m1/s1. The minimum Gasteiger partial charge on any atom is -0.467 e. The van der Waals surface area contributed by atoms with E-state index < -0.39 is 5.41 Å². The Hall–Kier alpha value is -2.56. The molecule has 1 aromatic carbocycles. The maximum absolute atomic E-state index is 12.6. The van der Waals surface area contributed by atoms with Crippen molar-refractivity contribution in [2.45, 2.75) is 18.4 Å². The Morgan fingerprint density at radius 1 is 1.36 bits per heavy atom. The van der Waals surface area contributed by atoms with Gasteiger partial charge in [-0.2, -0.15) is 0 Å². The molecule has 0 unspecified atom stereocenters. The van der Waals surface area contributed by atoms with Crippen LogP contribution in [0.5, 0.6) is 0 Å². The normalized spacial score (nSPS) is 25.4. The van der Waals surface area contributed by atoms with Gasteiger partial charge in [-0.15, -0.1) is 0 Å². The first-order chi connectivity index (χ1) is 10.6. The molecular weight excluding hydrogens is 280 g/mol. The number of carbonyl (C=O) groups is 2. The second kappa shape index (κ2) is 4.47. The van der Waals surface area contributed by atoms with Crippen LogP contribution < -0.4 is 10.2 Å². The summed E-state index contributed by atoms with van der Waals surface area (Å²) in [5.74, 6) is 0.348. The fraction of sp³-hybridized carbons (Fsp3) is 0.294. The average Bonchev–Trinajstić information content (AvgIpc) is 3.01. The van der Waals surface area contributed by atoms with Gasteiger partial charge < -0.3 is 14.6 Å². The predicted molar refractivity (Wildman–Crippen MR) is 80.2 cm³/mol. The summed E-state index contributed by atoms with van der Waals surface area (Å²) < 4.78 is 5.21. The molecule has 2 atom stereocenters. The highest BCUT2D eigenvalue weighted by Gasteiger charge is 2.68. The second-order valence-corrected chi connectivity index (χ2v) is 5.91. The van der Waals surface area contributed by atoms with Gasteiger partial charge in [0.1, 0.15) is 5.76 Å². The van der Waals surface area contributed by atoms with E-state index in [2.05, 4.69) is 5.32 Å². The number of likely N-dealkylation sites (N-methyl/N-ethyl adjacent to an activating group) is 1. The Bertz CT molecular complexity index is 753. The summed E-state index contributed by atoms with van der Waals surface area (Å²) in [6.45, 7) is 0.351. The van der Waals surface area contributed by atoms with Crippen molar-refractivity contribution < 1.29 is 14.0 Å². The van der Waals surface area contributed by atoms with Gasteiger partial charge in [0.15, 0.2) is 0 Å². The van der Waals surface area contributed by atoms with Crippen LogP contribution in [0, 0.1) is 5.92 Å². The molecule has 112 valence electrons. The van der Waals surface area contributed by atoms with Crippen LogP contribution in [-0.4, -0.2) is 18.9 Å². The van der Waals surface area contributed by atoms with Gasteiger partial charge in [-0.05, 0) is 30.2 Å². The first-order valence-corrected chi connectivity index (χ1v) is 7.32. The lowest BCUT2D eigenvalue weighted by Gasteiger charge is -2.11. The van der Waals surface area contributed by atoms with E-state index >= 15 is 0 Å². The van der Waals surface area contributed by atoms with Crippen molar-refractivity contribution in [3.05, 3.63) is 54.0 Å². The first kappa shape index (κ1) is 13.1.